The number of rotatable bonds is 8. The van der Waals surface area contributed by atoms with E-state index in [1.54, 1.807) is 42.5 Å². The topological polar surface area (TPSA) is 76.7 Å². The molecule has 3 rings (SSSR count). The van der Waals surface area contributed by atoms with Crippen molar-refractivity contribution in [2.45, 2.75) is 37.8 Å². The van der Waals surface area contributed by atoms with Crippen LogP contribution in [0.2, 0.25) is 10.0 Å². The highest BCUT2D eigenvalue weighted by Crippen LogP contribution is 2.23. The Morgan fingerprint density at radius 1 is 0.839 bits per heavy atom. The lowest BCUT2D eigenvalue weighted by Crippen LogP contribution is -2.45. The van der Waals surface area contributed by atoms with Crippen LogP contribution in [0.3, 0.4) is 0 Å². The van der Waals surface area contributed by atoms with E-state index in [-0.39, 0.29) is 37.1 Å². The molecule has 0 saturated heterocycles. The highest BCUT2D eigenvalue weighted by molar-refractivity contribution is 14.1. The summed E-state index contributed by atoms with van der Waals surface area (Å²) in [4.78, 5) is 24.3. The van der Waals surface area contributed by atoms with E-state index in [0.717, 1.165) is 29.3 Å². The molecule has 0 aromatic heterocycles. The molecule has 6 nitrogen and oxygen atoms in total. The fourth-order valence-electron chi connectivity index (χ4n) is 3.32. The summed E-state index contributed by atoms with van der Waals surface area (Å²) in [6.07, 6.45) is 3.20. The van der Waals surface area contributed by atoms with Crippen LogP contribution in [0.15, 0.2) is 42.5 Å². The van der Waals surface area contributed by atoms with Gasteiger partial charge in [-0.2, -0.15) is 0 Å². The molecule has 2 N–H and O–H groups in total. The van der Waals surface area contributed by atoms with E-state index in [1.165, 1.54) is 0 Å². The number of ether oxygens (including phenoxy) is 2. The van der Waals surface area contributed by atoms with Crippen LogP contribution in [0.4, 0.5) is 0 Å². The molecule has 1 aliphatic rings. The lowest BCUT2D eigenvalue weighted by molar-refractivity contribution is -0.125. The number of benzene rings is 2. The fraction of sp³-hybridized carbons (Fsp3) is 0.364. The van der Waals surface area contributed by atoms with Crippen molar-refractivity contribution in [3.63, 3.8) is 0 Å². The summed E-state index contributed by atoms with van der Waals surface area (Å²) >= 11 is 13.9. The van der Waals surface area contributed by atoms with Crippen LogP contribution in [0.5, 0.6) is 11.5 Å². The van der Waals surface area contributed by atoms with Gasteiger partial charge in [-0.1, -0.05) is 23.2 Å². The molecule has 1 saturated carbocycles. The molecule has 0 spiro atoms. The van der Waals surface area contributed by atoms with Gasteiger partial charge in [-0.05, 0) is 90.7 Å². The standard InChI is InChI=1S/C22H23Cl2IN2O4/c23-14-1-7-17(8-2-14)30-12-21(28)26-15-3-5-16(6-4-15)27-22(29)13-31-18-9-10-19(24)20(25)11-18/h1-2,7-11,15-16H,3-6,12-13H2,(H,26,28)(H,27,29)/t15-,16-. The molecule has 31 heavy (non-hydrogen) atoms. The molecule has 0 unspecified atom stereocenters. The third kappa shape index (κ3) is 8.05. The molecule has 0 radical (unpaired) electrons. The fourth-order valence-corrected chi connectivity index (χ4v) is 4.05. The third-order valence-electron chi connectivity index (χ3n) is 4.90. The molecule has 2 amide bonds. The van der Waals surface area contributed by atoms with Gasteiger partial charge in [-0.15, -0.1) is 0 Å². The Kier molecular flexibility index (Phi) is 9.10. The van der Waals surface area contributed by atoms with Crippen LogP contribution in [0.1, 0.15) is 25.7 Å². The molecule has 9 heteroatoms. The van der Waals surface area contributed by atoms with Gasteiger partial charge in [0.2, 0.25) is 0 Å². The molecular weight excluding hydrogens is 554 g/mol. The molecule has 166 valence electrons. The second-order valence-electron chi connectivity index (χ2n) is 7.29. The molecule has 1 aliphatic carbocycles. The average Bonchev–Trinajstić information content (AvgIpc) is 2.75. The van der Waals surface area contributed by atoms with Gasteiger partial charge in [-0.3, -0.25) is 9.59 Å². The summed E-state index contributed by atoms with van der Waals surface area (Å²) in [5.74, 6) is 0.889. The maximum Gasteiger partial charge on any atom is 0.258 e. The number of amides is 2. The number of hydrogen-bond donors (Lipinski definition) is 2. The van der Waals surface area contributed by atoms with Gasteiger partial charge in [-0.25, -0.2) is 0 Å². The Morgan fingerprint density at radius 3 is 1.84 bits per heavy atom. The van der Waals surface area contributed by atoms with Gasteiger partial charge >= 0.3 is 0 Å². The zero-order valence-corrected chi connectivity index (χ0v) is 20.4. The maximum atomic E-state index is 12.2. The molecule has 2 aromatic carbocycles. The van der Waals surface area contributed by atoms with Crippen LogP contribution in [0, 0.1) is 3.57 Å². The minimum Gasteiger partial charge on any atom is -0.484 e. The summed E-state index contributed by atoms with van der Waals surface area (Å²) in [7, 11) is 0. The third-order valence-corrected chi connectivity index (χ3v) is 6.69. The highest BCUT2D eigenvalue weighted by atomic mass is 127. The van der Waals surface area contributed by atoms with Crippen molar-refractivity contribution in [2.75, 3.05) is 13.2 Å². The first-order chi connectivity index (χ1) is 14.9. The van der Waals surface area contributed by atoms with Crippen LogP contribution in [-0.4, -0.2) is 37.1 Å². The first-order valence-corrected chi connectivity index (χ1v) is 11.8. The number of halogens is 3. The monoisotopic (exact) mass is 576 g/mol. The largest absolute Gasteiger partial charge is 0.484 e. The Balaban J connectivity index is 1.32. The lowest BCUT2D eigenvalue weighted by atomic mass is 9.91. The predicted molar refractivity (Wildman–Crippen MR) is 129 cm³/mol. The van der Waals surface area contributed by atoms with Crippen molar-refractivity contribution in [3.8, 4) is 11.5 Å². The maximum absolute atomic E-state index is 12.2. The van der Waals surface area contributed by atoms with Crippen LogP contribution in [-0.2, 0) is 9.59 Å². The van der Waals surface area contributed by atoms with Crippen molar-refractivity contribution in [1.29, 1.82) is 0 Å². The van der Waals surface area contributed by atoms with Gasteiger partial charge in [0.15, 0.2) is 13.2 Å². The summed E-state index contributed by atoms with van der Waals surface area (Å²) < 4.78 is 11.9. The second kappa shape index (κ2) is 11.8. The minimum atomic E-state index is -0.159. The van der Waals surface area contributed by atoms with Crippen molar-refractivity contribution >= 4 is 57.6 Å². The van der Waals surface area contributed by atoms with Crippen molar-refractivity contribution in [1.82, 2.24) is 10.6 Å². The van der Waals surface area contributed by atoms with Crippen LogP contribution < -0.4 is 20.1 Å². The SMILES string of the molecule is O=C(COc1ccc(Cl)cc1)N[C@H]1CC[C@H](NC(=O)COc2ccc(Cl)c(I)c2)CC1. The van der Waals surface area contributed by atoms with Gasteiger partial charge < -0.3 is 20.1 Å². The smallest absolute Gasteiger partial charge is 0.258 e. The van der Waals surface area contributed by atoms with E-state index in [0.29, 0.717) is 21.5 Å². The normalized spacial score (nSPS) is 18.2. The van der Waals surface area contributed by atoms with Crippen molar-refractivity contribution in [2.24, 2.45) is 0 Å². The van der Waals surface area contributed by atoms with Gasteiger partial charge in [0.25, 0.3) is 11.8 Å². The summed E-state index contributed by atoms with van der Waals surface area (Å²) in [6, 6.07) is 12.3. The molecule has 1 fully saturated rings. The van der Waals surface area contributed by atoms with Crippen molar-refractivity contribution in [3.05, 3.63) is 56.1 Å². The van der Waals surface area contributed by atoms with E-state index in [1.807, 2.05) is 0 Å². The highest BCUT2D eigenvalue weighted by Gasteiger charge is 2.23. The summed E-state index contributed by atoms with van der Waals surface area (Å²) in [6.45, 7) is -0.0876. The molecule has 0 aliphatic heterocycles. The van der Waals surface area contributed by atoms with Crippen LogP contribution in [0.25, 0.3) is 0 Å². The van der Waals surface area contributed by atoms with E-state index in [2.05, 4.69) is 33.2 Å². The number of nitrogens with one attached hydrogen (secondary N) is 2. The first-order valence-electron chi connectivity index (χ1n) is 9.94. The van der Waals surface area contributed by atoms with E-state index >= 15 is 0 Å². The van der Waals surface area contributed by atoms with Gasteiger partial charge in [0, 0.05) is 20.7 Å². The van der Waals surface area contributed by atoms with Crippen LogP contribution >= 0.6 is 45.8 Å². The summed E-state index contributed by atoms with van der Waals surface area (Å²) in [5, 5.41) is 7.26. The summed E-state index contributed by atoms with van der Waals surface area (Å²) in [5.41, 5.74) is 0. The minimum absolute atomic E-state index is 0.0424. The number of hydrogen-bond acceptors (Lipinski definition) is 4. The van der Waals surface area contributed by atoms with E-state index < -0.39 is 0 Å². The van der Waals surface area contributed by atoms with Gasteiger partial charge in [0.05, 0.1) is 5.02 Å². The quantitative estimate of drug-likeness (QED) is 0.450. The zero-order valence-electron chi connectivity index (χ0n) is 16.7. The zero-order chi connectivity index (χ0) is 22.2. The molecule has 0 bridgehead atoms. The number of carbonyl (C=O) groups excluding carboxylic acids is 2. The average molecular weight is 577 g/mol. The lowest BCUT2D eigenvalue weighted by Gasteiger charge is -2.29. The molecular formula is C22H23Cl2IN2O4. The first kappa shape index (κ1) is 23.9. The molecule has 0 atom stereocenters. The molecule has 2 aromatic rings. The molecule has 0 heterocycles. The number of carbonyl (C=O) groups is 2. The Hall–Kier alpha value is -1.71. The van der Waals surface area contributed by atoms with Gasteiger partial charge in [0.1, 0.15) is 11.5 Å². The second-order valence-corrected chi connectivity index (χ2v) is 9.30. The van der Waals surface area contributed by atoms with E-state index in [9.17, 15) is 9.59 Å². The van der Waals surface area contributed by atoms with E-state index in [4.69, 9.17) is 32.7 Å². The Labute approximate surface area is 205 Å². The predicted octanol–water partition coefficient (Wildman–Crippen LogP) is 4.60. The Bertz CT molecular complexity index is 903. The Morgan fingerprint density at radius 2 is 1.32 bits per heavy atom. The van der Waals surface area contributed by atoms with Crippen molar-refractivity contribution < 1.29 is 19.1 Å².